The summed E-state index contributed by atoms with van der Waals surface area (Å²) in [6, 6.07) is 9.36. The molecule has 2 N–H and O–H groups in total. The van der Waals surface area contributed by atoms with E-state index >= 15 is 0 Å². The van der Waals surface area contributed by atoms with Crippen molar-refractivity contribution in [3.8, 4) is 5.75 Å². The molecule has 0 bridgehead atoms. The van der Waals surface area contributed by atoms with Crippen LogP contribution in [0.25, 0.3) is 0 Å². The Morgan fingerprint density at radius 1 is 1.16 bits per heavy atom. The fourth-order valence-corrected chi connectivity index (χ4v) is 2.60. The van der Waals surface area contributed by atoms with Crippen LogP contribution in [0.2, 0.25) is 0 Å². The number of carbonyl (C=O) groups excluding carboxylic acids is 3. The maximum atomic E-state index is 13.2. The summed E-state index contributed by atoms with van der Waals surface area (Å²) in [4.78, 5) is 36.9. The topological polar surface area (TPSA) is 89.7 Å². The average molecular weight is 342 g/mol. The number of hydrogen-bond acceptors (Lipinski definition) is 4. The molecule has 3 amide bonds. The van der Waals surface area contributed by atoms with Crippen molar-refractivity contribution in [1.82, 2.24) is 4.90 Å². The number of rotatable bonds is 5. The van der Waals surface area contributed by atoms with Crippen LogP contribution in [0.3, 0.4) is 0 Å². The van der Waals surface area contributed by atoms with Crippen molar-refractivity contribution in [3.63, 3.8) is 0 Å². The van der Waals surface area contributed by atoms with Gasteiger partial charge in [0.15, 0.2) is 0 Å². The van der Waals surface area contributed by atoms with Gasteiger partial charge in [-0.05, 0) is 42.8 Å². The van der Waals surface area contributed by atoms with Crippen molar-refractivity contribution >= 4 is 17.7 Å². The van der Waals surface area contributed by atoms with Crippen LogP contribution in [0.5, 0.6) is 5.75 Å². The molecule has 1 atom stereocenters. The number of hydrogen-bond donors (Lipinski definition) is 1. The van der Waals surface area contributed by atoms with E-state index in [0.29, 0.717) is 11.3 Å². The van der Waals surface area contributed by atoms with E-state index in [1.165, 1.54) is 31.2 Å². The quantitative estimate of drug-likeness (QED) is 0.840. The Morgan fingerprint density at radius 3 is 2.56 bits per heavy atom. The summed E-state index contributed by atoms with van der Waals surface area (Å²) in [6.45, 7) is 1.51. The van der Waals surface area contributed by atoms with Gasteiger partial charge in [0.05, 0.1) is 11.1 Å². The number of primary amides is 1. The lowest BCUT2D eigenvalue weighted by Crippen LogP contribution is -2.45. The second-order valence-electron chi connectivity index (χ2n) is 5.68. The van der Waals surface area contributed by atoms with E-state index in [4.69, 9.17) is 10.5 Å². The fraction of sp³-hybridized carbons (Fsp3) is 0.167. The lowest BCUT2D eigenvalue weighted by atomic mass is 10.1. The monoisotopic (exact) mass is 342 g/mol. The molecule has 0 fully saturated rings. The predicted octanol–water partition coefficient (Wildman–Crippen LogP) is 1.87. The van der Waals surface area contributed by atoms with Gasteiger partial charge in [-0.25, -0.2) is 4.39 Å². The molecule has 1 heterocycles. The minimum atomic E-state index is -1.04. The van der Waals surface area contributed by atoms with Gasteiger partial charge in [-0.2, -0.15) is 0 Å². The van der Waals surface area contributed by atoms with Crippen molar-refractivity contribution in [2.45, 2.75) is 19.6 Å². The number of amides is 3. The molecule has 0 saturated heterocycles. The van der Waals surface area contributed by atoms with E-state index in [-0.39, 0.29) is 23.6 Å². The third-order valence-corrected chi connectivity index (χ3v) is 3.98. The molecular weight excluding hydrogens is 327 g/mol. The molecule has 7 heteroatoms. The maximum Gasteiger partial charge on any atom is 0.262 e. The summed E-state index contributed by atoms with van der Waals surface area (Å²) in [5.74, 6) is -1.94. The smallest absolute Gasteiger partial charge is 0.262 e. The number of fused-ring (bicyclic) bond motifs is 1. The lowest BCUT2D eigenvalue weighted by Gasteiger charge is -2.18. The molecule has 128 valence electrons. The highest BCUT2D eigenvalue weighted by Crippen LogP contribution is 2.28. The average Bonchev–Trinajstić information content (AvgIpc) is 2.83. The molecule has 0 saturated carbocycles. The van der Waals surface area contributed by atoms with E-state index in [2.05, 4.69) is 0 Å². The zero-order valence-corrected chi connectivity index (χ0v) is 13.4. The van der Waals surface area contributed by atoms with Crippen molar-refractivity contribution < 1.29 is 23.5 Å². The Morgan fingerprint density at radius 2 is 1.88 bits per heavy atom. The molecule has 0 aliphatic carbocycles. The van der Waals surface area contributed by atoms with E-state index in [0.717, 1.165) is 4.90 Å². The molecule has 0 radical (unpaired) electrons. The second kappa shape index (κ2) is 6.35. The van der Waals surface area contributed by atoms with Gasteiger partial charge >= 0.3 is 0 Å². The summed E-state index contributed by atoms with van der Waals surface area (Å²) in [7, 11) is 0. The van der Waals surface area contributed by atoms with Gasteiger partial charge in [-0.1, -0.05) is 12.1 Å². The molecule has 1 aliphatic heterocycles. The molecular formula is C18H15FN2O4. The molecule has 0 aromatic heterocycles. The van der Waals surface area contributed by atoms with E-state index < -0.39 is 23.8 Å². The minimum Gasteiger partial charge on any atom is -0.489 e. The van der Waals surface area contributed by atoms with Crippen molar-refractivity contribution in [2.75, 3.05) is 0 Å². The summed E-state index contributed by atoms with van der Waals surface area (Å²) in [5, 5.41) is 0. The molecule has 25 heavy (non-hydrogen) atoms. The maximum absolute atomic E-state index is 13.2. The zero-order valence-electron chi connectivity index (χ0n) is 13.4. The molecule has 1 aliphatic rings. The van der Waals surface area contributed by atoms with Crippen molar-refractivity contribution in [1.29, 1.82) is 0 Å². The molecule has 2 aromatic carbocycles. The number of ether oxygens (including phenoxy) is 1. The van der Waals surface area contributed by atoms with Gasteiger partial charge in [0.1, 0.15) is 24.2 Å². The van der Waals surface area contributed by atoms with Gasteiger partial charge in [0.25, 0.3) is 11.8 Å². The molecule has 2 aromatic rings. The van der Waals surface area contributed by atoms with Gasteiger partial charge in [0.2, 0.25) is 5.91 Å². The van der Waals surface area contributed by atoms with Gasteiger partial charge in [0, 0.05) is 0 Å². The third kappa shape index (κ3) is 3.08. The summed E-state index contributed by atoms with van der Waals surface area (Å²) < 4.78 is 18.7. The highest BCUT2D eigenvalue weighted by Gasteiger charge is 2.40. The lowest BCUT2D eigenvalue weighted by molar-refractivity contribution is -0.121. The minimum absolute atomic E-state index is 0.111. The first kappa shape index (κ1) is 16.6. The van der Waals surface area contributed by atoms with Gasteiger partial charge < -0.3 is 10.5 Å². The van der Waals surface area contributed by atoms with Gasteiger partial charge in [-0.15, -0.1) is 0 Å². The van der Waals surface area contributed by atoms with Crippen LogP contribution in [0.1, 0.15) is 33.2 Å². The molecule has 6 nitrogen and oxygen atoms in total. The highest BCUT2D eigenvalue weighted by molar-refractivity contribution is 6.22. The second-order valence-corrected chi connectivity index (χ2v) is 5.68. The Bertz CT molecular complexity index is 881. The highest BCUT2D eigenvalue weighted by atomic mass is 19.1. The number of halogens is 1. The van der Waals surface area contributed by atoms with Crippen LogP contribution in [-0.2, 0) is 11.4 Å². The Balaban J connectivity index is 1.81. The van der Waals surface area contributed by atoms with Crippen LogP contribution in [0.4, 0.5) is 4.39 Å². The van der Waals surface area contributed by atoms with Crippen molar-refractivity contribution in [2.24, 2.45) is 5.73 Å². The van der Waals surface area contributed by atoms with Crippen LogP contribution in [-0.4, -0.2) is 28.7 Å². The predicted molar refractivity (Wildman–Crippen MR) is 86.3 cm³/mol. The fourth-order valence-electron chi connectivity index (χ4n) is 2.60. The van der Waals surface area contributed by atoms with Crippen LogP contribution in [0.15, 0.2) is 42.5 Å². The summed E-state index contributed by atoms with van der Waals surface area (Å²) in [5.41, 5.74) is 6.16. The first-order chi connectivity index (χ1) is 11.9. The number of imide groups is 1. The normalized spacial score (nSPS) is 14.4. The standard InChI is InChI=1S/C18H15FN2O4/c1-10(16(20)22)21-17(23)14-6-5-13(8-15(14)18(21)24)25-9-11-3-2-4-12(19)7-11/h2-8,10H,9H2,1H3,(H2,20,22). The number of nitrogens with two attached hydrogens (primary N) is 1. The van der Waals surface area contributed by atoms with E-state index in [1.807, 2.05) is 0 Å². The van der Waals surface area contributed by atoms with Crippen LogP contribution >= 0.6 is 0 Å². The largest absolute Gasteiger partial charge is 0.489 e. The molecule has 3 rings (SSSR count). The molecule has 0 spiro atoms. The van der Waals surface area contributed by atoms with Crippen LogP contribution < -0.4 is 10.5 Å². The first-order valence-corrected chi connectivity index (χ1v) is 7.57. The summed E-state index contributed by atoms with van der Waals surface area (Å²) in [6.07, 6.45) is 0. The number of nitrogens with zero attached hydrogens (tertiary/aromatic N) is 1. The van der Waals surface area contributed by atoms with Crippen LogP contribution in [0, 0.1) is 5.82 Å². The Hall–Kier alpha value is -3.22. The van der Waals surface area contributed by atoms with Crippen molar-refractivity contribution in [3.05, 3.63) is 65.0 Å². The van der Waals surface area contributed by atoms with E-state index in [1.54, 1.807) is 18.2 Å². The third-order valence-electron chi connectivity index (χ3n) is 3.98. The summed E-state index contributed by atoms with van der Waals surface area (Å²) >= 11 is 0. The van der Waals surface area contributed by atoms with Gasteiger partial charge in [-0.3, -0.25) is 19.3 Å². The number of carbonyl (C=O) groups is 3. The Labute approximate surface area is 143 Å². The first-order valence-electron chi connectivity index (χ1n) is 7.57. The zero-order chi connectivity index (χ0) is 18.1. The van der Waals surface area contributed by atoms with E-state index in [9.17, 15) is 18.8 Å². The number of benzene rings is 2. The SMILES string of the molecule is CC(C(N)=O)N1C(=O)c2ccc(OCc3cccc(F)c3)cc2C1=O. The Kier molecular flexibility index (Phi) is 4.22. The molecule has 1 unspecified atom stereocenters.